The highest BCUT2D eigenvalue weighted by atomic mass is 35.5. The van der Waals surface area contributed by atoms with Gasteiger partial charge in [0.15, 0.2) is 11.5 Å². The first kappa shape index (κ1) is 21.8. The van der Waals surface area contributed by atoms with Crippen molar-refractivity contribution in [3.63, 3.8) is 0 Å². The third kappa shape index (κ3) is 3.95. The molecule has 0 radical (unpaired) electrons. The molecule has 1 fully saturated rings. The Balaban J connectivity index is 1.59. The van der Waals surface area contributed by atoms with E-state index in [9.17, 15) is 5.11 Å². The molecule has 4 aromatic rings. The molecule has 0 bridgehead atoms. The predicted molar refractivity (Wildman–Crippen MR) is 128 cm³/mol. The number of halogens is 1. The predicted octanol–water partition coefficient (Wildman–Crippen LogP) is 4.28. The summed E-state index contributed by atoms with van der Waals surface area (Å²) in [7, 11) is 2.02. The Morgan fingerprint density at radius 3 is 2.73 bits per heavy atom. The van der Waals surface area contributed by atoms with Gasteiger partial charge in [-0.15, -0.1) is 0 Å². The van der Waals surface area contributed by atoms with E-state index in [1.165, 1.54) is 19.3 Å². The van der Waals surface area contributed by atoms with E-state index in [0.717, 1.165) is 12.8 Å². The van der Waals surface area contributed by atoms with Crippen molar-refractivity contribution in [2.24, 2.45) is 0 Å². The lowest BCUT2D eigenvalue weighted by Crippen LogP contribution is -2.34. The summed E-state index contributed by atoms with van der Waals surface area (Å²) in [4.78, 5) is 20.6. The number of benzene rings is 1. The number of H-pyrrole nitrogens is 1. The molecule has 0 amide bonds. The van der Waals surface area contributed by atoms with Gasteiger partial charge in [-0.1, -0.05) is 30.9 Å². The van der Waals surface area contributed by atoms with Crippen molar-refractivity contribution in [2.45, 2.75) is 51.7 Å². The zero-order valence-electron chi connectivity index (χ0n) is 18.7. The molecule has 3 heterocycles. The summed E-state index contributed by atoms with van der Waals surface area (Å²) in [6.07, 6.45) is 7.51. The van der Waals surface area contributed by atoms with Crippen molar-refractivity contribution >= 4 is 39.6 Å². The average molecular weight is 468 g/mol. The molecule has 1 saturated carbocycles. The van der Waals surface area contributed by atoms with Crippen LogP contribution in [0.2, 0.25) is 5.02 Å². The van der Waals surface area contributed by atoms with Crippen molar-refractivity contribution in [1.82, 2.24) is 30.1 Å². The Kier molecular flexibility index (Phi) is 5.99. The normalized spacial score (nSPS) is 14.8. The molecular formula is C23H26ClN7O2. The topological polar surface area (TPSA) is 113 Å². The zero-order chi connectivity index (χ0) is 22.9. The highest BCUT2D eigenvalue weighted by molar-refractivity contribution is 6.38. The summed E-state index contributed by atoms with van der Waals surface area (Å²) < 4.78 is 5.48. The van der Waals surface area contributed by atoms with Crippen molar-refractivity contribution in [1.29, 1.82) is 0 Å². The van der Waals surface area contributed by atoms with Gasteiger partial charge in [-0.3, -0.25) is 5.10 Å². The molecule has 5 rings (SSSR count). The molecule has 33 heavy (non-hydrogen) atoms. The minimum absolute atomic E-state index is 0.214. The van der Waals surface area contributed by atoms with Gasteiger partial charge in [-0.2, -0.15) is 5.10 Å². The molecule has 0 aliphatic heterocycles. The van der Waals surface area contributed by atoms with Crippen LogP contribution in [-0.4, -0.2) is 54.9 Å². The van der Waals surface area contributed by atoms with Gasteiger partial charge < -0.3 is 14.7 Å². The maximum absolute atomic E-state index is 10.1. The van der Waals surface area contributed by atoms with Gasteiger partial charge in [0.1, 0.15) is 22.4 Å². The van der Waals surface area contributed by atoms with Crippen LogP contribution >= 0.6 is 11.6 Å². The lowest BCUT2D eigenvalue weighted by molar-refractivity contribution is 0.276. The lowest BCUT2D eigenvalue weighted by Gasteiger charge is -2.32. The Bertz CT molecular complexity index is 1300. The van der Waals surface area contributed by atoms with Crippen LogP contribution in [0.5, 0.6) is 5.88 Å². The Morgan fingerprint density at radius 2 is 1.97 bits per heavy atom. The number of ether oxygens (including phenoxy) is 1. The van der Waals surface area contributed by atoms with Crippen molar-refractivity contribution < 1.29 is 9.84 Å². The molecule has 1 aliphatic carbocycles. The quantitative estimate of drug-likeness (QED) is 0.432. The van der Waals surface area contributed by atoms with Gasteiger partial charge in [0.2, 0.25) is 5.88 Å². The highest BCUT2D eigenvalue weighted by Crippen LogP contribution is 2.36. The summed E-state index contributed by atoms with van der Waals surface area (Å²) in [5, 5.41) is 17.9. The third-order valence-corrected chi connectivity index (χ3v) is 6.61. The van der Waals surface area contributed by atoms with Crippen LogP contribution in [0.1, 0.15) is 44.7 Å². The number of hydrogen-bond acceptors (Lipinski definition) is 8. The summed E-state index contributed by atoms with van der Waals surface area (Å²) >= 11 is 6.74. The summed E-state index contributed by atoms with van der Waals surface area (Å²) in [6, 6.07) is 4.08. The number of nitrogens with zero attached hydrogens (tertiary/aromatic N) is 6. The van der Waals surface area contributed by atoms with Crippen molar-refractivity contribution in [3.8, 4) is 17.1 Å². The van der Waals surface area contributed by atoms with Crippen LogP contribution in [0.25, 0.3) is 33.5 Å². The second-order valence-electron chi connectivity index (χ2n) is 8.26. The molecular weight excluding hydrogens is 442 g/mol. The summed E-state index contributed by atoms with van der Waals surface area (Å²) in [5.74, 6) is 1.10. The van der Waals surface area contributed by atoms with Gasteiger partial charge in [-0.25, -0.2) is 19.9 Å². The van der Waals surface area contributed by atoms with Crippen LogP contribution in [0, 0.1) is 0 Å². The van der Waals surface area contributed by atoms with Gasteiger partial charge in [-0.05, 0) is 31.9 Å². The number of anilines is 1. The Morgan fingerprint density at radius 1 is 1.15 bits per heavy atom. The van der Waals surface area contributed by atoms with E-state index >= 15 is 0 Å². The minimum Gasteiger partial charge on any atom is -0.477 e. The standard InChI is InChI=1S/C23H26ClN7O2/c1-3-33-17-11-25-15-10-9-14(18(24)20(15)27-17)19-21-22(30-29-19)28-23(16(12-32)26-21)31(2)13-7-5-4-6-8-13/h9-11,13,32H,3-8,12H2,1-2H3,(H,28,29,30). The first-order valence-corrected chi connectivity index (χ1v) is 11.7. The smallest absolute Gasteiger partial charge is 0.232 e. The van der Waals surface area contributed by atoms with E-state index in [1.807, 2.05) is 26.1 Å². The molecule has 0 atom stereocenters. The Hall–Kier alpha value is -3.04. The maximum atomic E-state index is 10.1. The van der Waals surface area contributed by atoms with E-state index in [0.29, 0.717) is 68.5 Å². The fourth-order valence-electron chi connectivity index (χ4n) is 4.51. The molecule has 172 valence electrons. The Labute approximate surface area is 196 Å². The minimum atomic E-state index is -0.214. The summed E-state index contributed by atoms with van der Waals surface area (Å²) in [5.41, 5.74) is 4.01. The molecule has 0 spiro atoms. The number of fused-ring (bicyclic) bond motifs is 2. The number of aromatic amines is 1. The zero-order valence-corrected chi connectivity index (χ0v) is 19.4. The fourth-order valence-corrected chi connectivity index (χ4v) is 4.80. The van der Waals surface area contributed by atoms with E-state index in [1.54, 1.807) is 6.20 Å². The van der Waals surface area contributed by atoms with E-state index < -0.39 is 0 Å². The average Bonchev–Trinajstić information content (AvgIpc) is 3.26. The van der Waals surface area contributed by atoms with E-state index in [4.69, 9.17) is 26.3 Å². The van der Waals surface area contributed by atoms with Crippen molar-refractivity contribution in [3.05, 3.63) is 29.0 Å². The number of hydrogen-bond donors (Lipinski definition) is 2. The van der Waals surface area contributed by atoms with Gasteiger partial charge >= 0.3 is 0 Å². The monoisotopic (exact) mass is 467 g/mol. The SMILES string of the molecule is CCOc1cnc2ccc(-c3n[nH]c4nc(N(C)C5CCCCC5)c(CO)nc34)c(Cl)c2n1. The van der Waals surface area contributed by atoms with Gasteiger partial charge in [0.05, 0.1) is 29.9 Å². The third-order valence-electron chi connectivity index (χ3n) is 6.23. The molecule has 1 aromatic carbocycles. The number of nitrogens with one attached hydrogen (secondary N) is 1. The van der Waals surface area contributed by atoms with Crippen LogP contribution in [0.4, 0.5) is 5.82 Å². The maximum Gasteiger partial charge on any atom is 0.232 e. The fraction of sp³-hybridized carbons (Fsp3) is 0.435. The van der Waals surface area contributed by atoms with E-state index in [-0.39, 0.29) is 6.61 Å². The van der Waals surface area contributed by atoms with Crippen LogP contribution < -0.4 is 9.64 Å². The van der Waals surface area contributed by atoms with Crippen LogP contribution in [-0.2, 0) is 6.61 Å². The second-order valence-corrected chi connectivity index (χ2v) is 8.64. The van der Waals surface area contributed by atoms with Crippen molar-refractivity contribution in [2.75, 3.05) is 18.6 Å². The number of aromatic nitrogens is 6. The molecule has 0 unspecified atom stereocenters. The highest BCUT2D eigenvalue weighted by Gasteiger charge is 2.24. The first-order valence-electron chi connectivity index (χ1n) is 11.3. The molecule has 1 aliphatic rings. The summed E-state index contributed by atoms with van der Waals surface area (Å²) in [6.45, 7) is 2.16. The van der Waals surface area contributed by atoms with Gasteiger partial charge in [0.25, 0.3) is 0 Å². The molecule has 2 N–H and O–H groups in total. The lowest BCUT2D eigenvalue weighted by atomic mass is 9.94. The number of aliphatic hydroxyl groups is 1. The van der Waals surface area contributed by atoms with Crippen LogP contribution in [0.15, 0.2) is 18.3 Å². The van der Waals surface area contributed by atoms with Crippen LogP contribution in [0.3, 0.4) is 0 Å². The molecule has 9 nitrogen and oxygen atoms in total. The largest absolute Gasteiger partial charge is 0.477 e. The number of aliphatic hydroxyl groups excluding tert-OH is 1. The first-order chi connectivity index (χ1) is 16.1. The molecule has 3 aromatic heterocycles. The van der Waals surface area contributed by atoms with Gasteiger partial charge in [0, 0.05) is 18.7 Å². The second kappa shape index (κ2) is 9.07. The number of rotatable bonds is 6. The van der Waals surface area contributed by atoms with E-state index in [2.05, 4.69) is 25.1 Å². The molecule has 0 saturated heterocycles. The molecule has 10 heteroatoms.